The average molecular weight is 419 g/mol. The van der Waals surface area contributed by atoms with Crippen LogP contribution in [0.2, 0.25) is 0 Å². The van der Waals surface area contributed by atoms with E-state index in [1.165, 1.54) is 6.07 Å². The number of unbranched alkanes of at least 4 members (excludes halogenated alkanes) is 1. The van der Waals surface area contributed by atoms with Crippen molar-refractivity contribution >= 4 is 29.9 Å². The largest absolute Gasteiger partial charge is 0.357 e. The molecule has 1 aromatic carbocycles. The van der Waals surface area contributed by atoms with Crippen LogP contribution < -0.4 is 5.32 Å². The molecule has 5 heteroatoms. The van der Waals surface area contributed by atoms with Crippen LogP contribution in [0.3, 0.4) is 0 Å². The van der Waals surface area contributed by atoms with Crippen LogP contribution in [0.15, 0.2) is 41.9 Å². The van der Waals surface area contributed by atoms with E-state index in [9.17, 15) is 4.39 Å². The third-order valence-electron chi connectivity index (χ3n) is 3.20. The highest BCUT2D eigenvalue weighted by Gasteiger charge is 2.05. The van der Waals surface area contributed by atoms with Gasteiger partial charge in [0.1, 0.15) is 5.82 Å². The molecule has 0 bridgehead atoms. The van der Waals surface area contributed by atoms with Crippen LogP contribution in [0.1, 0.15) is 25.3 Å². The number of aliphatic imine (C=N–C) groups is 1. The first kappa shape index (κ1) is 20.9. The number of hydrogen-bond donors (Lipinski definition) is 1. The molecule has 0 saturated heterocycles. The Balaban J connectivity index is 0.00000441. The molecule has 0 spiro atoms. The minimum Gasteiger partial charge on any atom is -0.357 e. The lowest BCUT2D eigenvalue weighted by atomic mass is 10.1. The van der Waals surface area contributed by atoms with Gasteiger partial charge in [-0.2, -0.15) is 0 Å². The van der Waals surface area contributed by atoms with Crippen LogP contribution in [0, 0.1) is 5.82 Å². The molecule has 1 N–H and O–H groups in total. The van der Waals surface area contributed by atoms with Crippen LogP contribution in [0.5, 0.6) is 0 Å². The highest BCUT2D eigenvalue weighted by atomic mass is 127. The number of benzene rings is 1. The minimum absolute atomic E-state index is 0. The summed E-state index contributed by atoms with van der Waals surface area (Å²) >= 11 is 0. The second-order valence-corrected chi connectivity index (χ2v) is 4.93. The summed E-state index contributed by atoms with van der Waals surface area (Å²) in [5, 5.41) is 3.27. The number of nitrogens with zero attached hydrogens (tertiary/aromatic N) is 2. The topological polar surface area (TPSA) is 27.6 Å². The molecule has 3 nitrogen and oxygen atoms in total. The fraction of sp³-hybridized carbons (Fsp3) is 0.471. The van der Waals surface area contributed by atoms with Crippen LogP contribution in [0.4, 0.5) is 4.39 Å². The zero-order chi connectivity index (χ0) is 15.5. The molecule has 0 radical (unpaired) electrons. The van der Waals surface area contributed by atoms with E-state index in [4.69, 9.17) is 0 Å². The van der Waals surface area contributed by atoms with E-state index in [1.807, 2.05) is 32.2 Å². The Bertz CT molecular complexity index is 463. The van der Waals surface area contributed by atoms with Crippen LogP contribution >= 0.6 is 24.0 Å². The number of hydrogen-bond acceptors (Lipinski definition) is 1. The van der Waals surface area contributed by atoms with Gasteiger partial charge in [0.05, 0.1) is 0 Å². The highest BCUT2D eigenvalue weighted by Crippen LogP contribution is 2.07. The molecule has 1 rings (SSSR count). The van der Waals surface area contributed by atoms with E-state index in [0.717, 1.165) is 31.9 Å². The van der Waals surface area contributed by atoms with Gasteiger partial charge in [0, 0.05) is 26.7 Å². The molecular formula is C17H27FIN3. The van der Waals surface area contributed by atoms with Crippen molar-refractivity contribution in [3.63, 3.8) is 0 Å². The average Bonchev–Trinajstić information content (AvgIpc) is 2.48. The summed E-state index contributed by atoms with van der Waals surface area (Å²) < 4.78 is 13.5. The Morgan fingerprint density at radius 3 is 2.77 bits per heavy atom. The monoisotopic (exact) mass is 419 g/mol. The molecule has 0 aromatic heterocycles. The number of halogens is 2. The first-order valence-corrected chi connectivity index (χ1v) is 7.52. The van der Waals surface area contributed by atoms with Gasteiger partial charge in [-0.3, -0.25) is 4.99 Å². The van der Waals surface area contributed by atoms with Crippen LogP contribution in [-0.2, 0) is 6.42 Å². The molecule has 124 valence electrons. The summed E-state index contributed by atoms with van der Waals surface area (Å²) in [6.07, 6.45) is 4.59. The van der Waals surface area contributed by atoms with E-state index in [1.54, 1.807) is 6.07 Å². The summed E-state index contributed by atoms with van der Waals surface area (Å²) in [6.45, 7) is 8.11. The molecule has 22 heavy (non-hydrogen) atoms. The van der Waals surface area contributed by atoms with Crippen molar-refractivity contribution in [2.45, 2.75) is 26.2 Å². The summed E-state index contributed by atoms with van der Waals surface area (Å²) in [5.74, 6) is 0.718. The normalized spacial score (nSPS) is 10.8. The lowest BCUT2D eigenvalue weighted by Crippen LogP contribution is -2.39. The first-order chi connectivity index (χ1) is 10.2. The zero-order valence-electron chi connectivity index (χ0n) is 13.5. The lowest BCUT2D eigenvalue weighted by molar-refractivity contribution is 0.470. The molecule has 0 unspecified atom stereocenters. The van der Waals surface area contributed by atoms with Crippen molar-refractivity contribution in [1.82, 2.24) is 10.2 Å². The van der Waals surface area contributed by atoms with E-state index < -0.39 is 0 Å². The Labute approximate surface area is 150 Å². The molecule has 1 aromatic rings. The standard InChI is InChI=1S/C17H26FN3.HI/c1-4-6-9-14-21(3)17(19-5-2)20-13-12-15-10-7-8-11-16(15)18;/h4,7-8,10-11H,1,5-6,9,12-14H2,2-3H3,(H,19,20);1H. The van der Waals surface area contributed by atoms with Gasteiger partial charge in [-0.25, -0.2) is 4.39 Å². The Hall–Kier alpha value is -1.11. The Kier molecular flexibility index (Phi) is 11.8. The summed E-state index contributed by atoms with van der Waals surface area (Å²) in [7, 11) is 2.02. The molecule has 0 amide bonds. The van der Waals surface area contributed by atoms with E-state index >= 15 is 0 Å². The summed E-state index contributed by atoms with van der Waals surface area (Å²) in [4.78, 5) is 6.67. The van der Waals surface area contributed by atoms with E-state index in [0.29, 0.717) is 18.5 Å². The fourth-order valence-corrected chi connectivity index (χ4v) is 2.03. The minimum atomic E-state index is -0.156. The smallest absolute Gasteiger partial charge is 0.193 e. The maximum atomic E-state index is 13.5. The van der Waals surface area contributed by atoms with Gasteiger partial charge in [-0.15, -0.1) is 30.6 Å². The third-order valence-corrected chi connectivity index (χ3v) is 3.20. The fourth-order valence-electron chi connectivity index (χ4n) is 2.03. The molecule has 0 aliphatic carbocycles. The molecular weight excluding hydrogens is 392 g/mol. The number of allylic oxidation sites excluding steroid dienone is 1. The summed E-state index contributed by atoms with van der Waals surface area (Å²) in [5.41, 5.74) is 0.714. The van der Waals surface area contributed by atoms with Gasteiger partial charge in [0.25, 0.3) is 0 Å². The molecule has 0 aliphatic rings. The highest BCUT2D eigenvalue weighted by molar-refractivity contribution is 14.0. The molecule has 0 atom stereocenters. The van der Waals surface area contributed by atoms with Gasteiger partial charge in [0.15, 0.2) is 5.96 Å². The quantitative estimate of drug-likeness (QED) is 0.228. The van der Waals surface area contributed by atoms with Crippen LogP contribution in [-0.4, -0.2) is 37.5 Å². The van der Waals surface area contributed by atoms with Gasteiger partial charge < -0.3 is 10.2 Å². The Morgan fingerprint density at radius 2 is 2.14 bits per heavy atom. The SMILES string of the molecule is C=CCCCN(C)C(=NCCc1ccccc1F)NCC.I. The van der Waals surface area contributed by atoms with E-state index in [-0.39, 0.29) is 29.8 Å². The maximum absolute atomic E-state index is 13.5. The first-order valence-electron chi connectivity index (χ1n) is 7.52. The second kappa shape index (κ2) is 12.4. The van der Waals surface area contributed by atoms with Crippen molar-refractivity contribution in [2.24, 2.45) is 4.99 Å². The Morgan fingerprint density at radius 1 is 1.41 bits per heavy atom. The van der Waals surface area contributed by atoms with Gasteiger partial charge >= 0.3 is 0 Å². The lowest BCUT2D eigenvalue weighted by Gasteiger charge is -2.21. The van der Waals surface area contributed by atoms with Crippen LogP contribution in [0.25, 0.3) is 0 Å². The van der Waals surface area contributed by atoms with Crippen molar-refractivity contribution in [1.29, 1.82) is 0 Å². The molecule has 0 fully saturated rings. The second-order valence-electron chi connectivity index (χ2n) is 4.93. The van der Waals surface area contributed by atoms with E-state index in [2.05, 4.69) is 21.8 Å². The number of guanidine groups is 1. The molecule has 0 heterocycles. The van der Waals surface area contributed by atoms with Gasteiger partial charge in [-0.1, -0.05) is 24.3 Å². The van der Waals surface area contributed by atoms with Crippen molar-refractivity contribution in [3.8, 4) is 0 Å². The number of nitrogens with one attached hydrogen (secondary N) is 1. The van der Waals surface area contributed by atoms with Crippen molar-refractivity contribution in [2.75, 3.05) is 26.7 Å². The zero-order valence-corrected chi connectivity index (χ0v) is 15.8. The number of rotatable bonds is 8. The predicted octanol–water partition coefficient (Wildman–Crippen LogP) is 3.85. The predicted molar refractivity (Wildman–Crippen MR) is 104 cm³/mol. The van der Waals surface area contributed by atoms with Crippen molar-refractivity contribution < 1.29 is 4.39 Å². The maximum Gasteiger partial charge on any atom is 0.193 e. The third kappa shape index (κ3) is 7.77. The summed E-state index contributed by atoms with van der Waals surface area (Å²) in [6, 6.07) is 6.87. The molecule has 0 saturated carbocycles. The van der Waals surface area contributed by atoms with Gasteiger partial charge in [-0.05, 0) is 37.8 Å². The van der Waals surface area contributed by atoms with Gasteiger partial charge in [0.2, 0.25) is 0 Å². The molecule has 0 aliphatic heterocycles. The van der Waals surface area contributed by atoms with Crippen molar-refractivity contribution in [3.05, 3.63) is 48.3 Å².